The number of benzene rings is 3. The second-order valence-corrected chi connectivity index (χ2v) is 14.3. The molecule has 1 aromatic heterocycles. The van der Waals surface area contributed by atoms with Crippen molar-refractivity contribution >= 4 is 36.0 Å². The fourth-order valence-corrected chi connectivity index (χ4v) is 9.38. The number of hydrogen-bond donors (Lipinski definition) is 0. The highest BCUT2D eigenvalue weighted by Crippen LogP contribution is 2.37. The normalized spacial score (nSPS) is 11.9. The van der Waals surface area contributed by atoms with Gasteiger partial charge < -0.3 is 4.43 Å². The molecule has 8 heteroatoms. The molecule has 0 radical (unpaired) electrons. The lowest BCUT2D eigenvalue weighted by Crippen LogP contribution is -2.66. The second kappa shape index (κ2) is 10.2. The van der Waals surface area contributed by atoms with Crippen LogP contribution in [0.25, 0.3) is 5.69 Å². The maximum atomic E-state index is 13.5. The molecule has 36 heavy (non-hydrogen) atoms. The molecular formula is C28H27ClN2O4Si. The van der Waals surface area contributed by atoms with E-state index >= 15 is 0 Å². The van der Waals surface area contributed by atoms with Crippen LogP contribution in [0.15, 0.2) is 102 Å². The summed E-state index contributed by atoms with van der Waals surface area (Å²) >= 11 is 6.31. The number of pyridine rings is 1. The molecule has 0 atom stereocenters. The molecular weight excluding hydrogens is 492 g/mol. The predicted molar refractivity (Wildman–Crippen MR) is 146 cm³/mol. The minimum atomic E-state index is -2.83. The fraction of sp³-hybridized carbons (Fsp3) is 0.179. The number of rotatable bonds is 7. The van der Waals surface area contributed by atoms with E-state index < -0.39 is 13.2 Å². The van der Waals surface area contributed by atoms with Crippen LogP contribution in [0.5, 0.6) is 0 Å². The molecule has 0 spiro atoms. The molecule has 0 aliphatic heterocycles. The van der Waals surface area contributed by atoms with E-state index in [0.717, 1.165) is 10.4 Å². The molecule has 4 rings (SSSR count). The van der Waals surface area contributed by atoms with E-state index in [9.17, 15) is 14.9 Å². The van der Waals surface area contributed by atoms with Gasteiger partial charge in [-0.1, -0.05) is 93.0 Å². The van der Waals surface area contributed by atoms with Crippen LogP contribution in [-0.4, -0.2) is 17.8 Å². The Labute approximate surface area is 216 Å². The fourth-order valence-electron chi connectivity index (χ4n) is 4.59. The molecule has 0 saturated carbocycles. The van der Waals surface area contributed by atoms with Gasteiger partial charge in [0.1, 0.15) is 0 Å². The molecule has 3 aromatic carbocycles. The Bertz CT molecular complexity index is 1390. The van der Waals surface area contributed by atoms with E-state index in [-0.39, 0.29) is 27.9 Å². The van der Waals surface area contributed by atoms with Crippen molar-refractivity contribution in [3.05, 3.63) is 128 Å². The lowest BCUT2D eigenvalue weighted by molar-refractivity contribution is -0.384. The van der Waals surface area contributed by atoms with E-state index in [1.807, 2.05) is 36.4 Å². The molecule has 0 N–H and O–H groups in total. The van der Waals surface area contributed by atoms with Crippen molar-refractivity contribution in [2.45, 2.75) is 32.4 Å². The van der Waals surface area contributed by atoms with Gasteiger partial charge in [0.25, 0.3) is 19.6 Å². The quantitative estimate of drug-likeness (QED) is 0.184. The van der Waals surface area contributed by atoms with E-state index in [0.29, 0.717) is 11.3 Å². The molecule has 0 fully saturated rings. The van der Waals surface area contributed by atoms with Crippen LogP contribution in [0.1, 0.15) is 26.3 Å². The van der Waals surface area contributed by atoms with Gasteiger partial charge in [-0.05, 0) is 33.6 Å². The van der Waals surface area contributed by atoms with Gasteiger partial charge >= 0.3 is 0 Å². The van der Waals surface area contributed by atoms with Crippen molar-refractivity contribution < 1.29 is 9.35 Å². The molecule has 0 bridgehead atoms. The van der Waals surface area contributed by atoms with Gasteiger partial charge in [0.05, 0.1) is 22.2 Å². The van der Waals surface area contributed by atoms with Crippen molar-refractivity contribution in [1.29, 1.82) is 0 Å². The van der Waals surface area contributed by atoms with Gasteiger partial charge in [0.15, 0.2) is 0 Å². The van der Waals surface area contributed by atoms with Gasteiger partial charge in [0.2, 0.25) is 0 Å². The zero-order chi connectivity index (χ0) is 25.9. The van der Waals surface area contributed by atoms with E-state index in [4.69, 9.17) is 16.0 Å². The van der Waals surface area contributed by atoms with Gasteiger partial charge in [0, 0.05) is 23.9 Å². The smallest absolute Gasteiger partial charge is 0.271 e. The first-order chi connectivity index (χ1) is 17.1. The highest BCUT2D eigenvalue weighted by molar-refractivity contribution is 6.99. The third-order valence-corrected chi connectivity index (χ3v) is 11.6. The van der Waals surface area contributed by atoms with E-state index in [1.165, 1.54) is 22.8 Å². The van der Waals surface area contributed by atoms with Crippen molar-refractivity contribution in [3.63, 3.8) is 0 Å². The Hall–Kier alpha value is -3.52. The first-order valence-corrected chi connectivity index (χ1v) is 13.8. The predicted octanol–water partition coefficient (Wildman–Crippen LogP) is 5.48. The maximum Gasteiger partial charge on any atom is 0.271 e. The van der Waals surface area contributed by atoms with Crippen LogP contribution < -0.4 is 15.9 Å². The Morgan fingerprint density at radius 3 is 2.00 bits per heavy atom. The van der Waals surface area contributed by atoms with E-state index in [1.54, 1.807) is 18.3 Å². The summed E-state index contributed by atoms with van der Waals surface area (Å²) in [6, 6.07) is 28.0. The van der Waals surface area contributed by atoms with E-state index in [2.05, 4.69) is 45.0 Å². The largest absolute Gasteiger partial charge is 0.403 e. The molecule has 4 aromatic rings. The summed E-state index contributed by atoms with van der Waals surface area (Å²) in [6.45, 7) is 6.65. The number of nitro groups is 1. The lowest BCUT2D eigenvalue weighted by atomic mass is 10.2. The Kier molecular flexibility index (Phi) is 7.26. The van der Waals surface area contributed by atoms with Crippen LogP contribution >= 0.6 is 11.6 Å². The summed E-state index contributed by atoms with van der Waals surface area (Å²) in [7, 11) is -2.83. The summed E-state index contributed by atoms with van der Waals surface area (Å²) in [5.74, 6) is 0. The monoisotopic (exact) mass is 518 g/mol. The van der Waals surface area contributed by atoms with Gasteiger partial charge in [-0.25, -0.2) is 0 Å². The number of nitro benzene ring substituents is 1. The van der Waals surface area contributed by atoms with Crippen LogP contribution in [0.4, 0.5) is 5.69 Å². The Morgan fingerprint density at radius 1 is 0.917 bits per heavy atom. The average Bonchev–Trinajstić information content (AvgIpc) is 2.86. The van der Waals surface area contributed by atoms with Gasteiger partial charge in [-0.3, -0.25) is 19.5 Å². The third kappa shape index (κ3) is 4.77. The highest BCUT2D eigenvalue weighted by atomic mass is 35.5. The first-order valence-electron chi connectivity index (χ1n) is 11.5. The first kappa shape index (κ1) is 25.6. The number of nitrogens with zero attached hydrogens (tertiary/aromatic N) is 2. The van der Waals surface area contributed by atoms with Crippen LogP contribution in [0.2, 0.25) is 10.1 Å². The van der Waals surface area contributed by atoms with Gasteiger partial charge in [-0.15, -0.1) is 0 Å². The molecule has 0 aliphatic carbocycles. The summed E-state index contributed by atoms with van der Waals surface area (Å²) in [5.41, 5.74) is 0.425. The van der Waals surface area contributed by atoms with Crippen LogP contribution in [0.3, 0.4) is 0 Å². The lowest BCUT2D eigenvalue weighted by Gasteiger charge is -2.43. The standard InChI is InChI=1S/C28H27ClN2O4Si/c1-28(2,3)36(23-12-6-4-7-13-23,24-14-8-5-9-15-24)35-20-21-11-10-18-30(27(21)32)26-17-16-22(31(33)34)19-25(26)29/h4-19H,20H2,1-3H3. The Balaban J connectivity index is 1.78. The summed E-state index contributed by atoms with van der Waals surface area (Å²) in [4.78, 5) is 24.0. The van der Waals surface area contributed by atoms with Crippen molar-refractivity contribution in [2.24, 2.45) is 0 Å². The zero-order valence-corrected chi connectivity index (χ0v) is 22.1. The minimum Gasteiger partial charge on any atom is -0.403 e. The average molecular weight is 519 g/mol. The number of hydrogen-bond acceptors (Lipinski definition) is 4. The molecule has 184 valence electrons. The molecule has 0 amide bonds. The maximum absolute atomic E-state index is 13.5. The summed E-state index contributed by atoms with van der Waals surface area (Å²) < 4.78 is 8.31. The Morgan fingerprint density at radius 2 is 1.50 bits per heavy atom. The summed E-state index contributed by atoms with van der Waals surface area (Å²) in [6.07, 6.45) is 1.60. The third-order valence-electron chi connectivity index (χ3n) is 6.29. The van der Waals surface area contributed by atoms with Crippen molar-refractivity contribution in [1.82, 2.24) is 4.57 Å². The van der Waals surface area contributed by atoms with Gasteiger partial charge in [-0.2, -0.15) is 0 Å². The molecule has 0 saturated heterocycles. The molecule has 0 aliphatic rings. The number of halogens is 1. The summed E-state index contributed by atoms with van der Waals surface area (Å²) in [5, 5.41) is 13.2. The molecule has 6 nitrogen and oxygen atoms in total. The molecule has 0 unspecified atom stereocenters. The zero-order valence-electron chi connectivity index (χ0n) is 20.4. The highest BCUT2D eigenvalue weighted by Gasteiger charge is 2.50. The minimum absolute atomic E-state index is 0.109. The number of non-ortho nitro benzene ring substituents is 1. The van der Waals surface area contributed by atoms with Crippen molar-refractivity contribution in [3.8, 4) is 5.69 Å². The van der Waals surface area contributed by atoms with Crippen molar-refractivity contribution in [2.75, 3.05) is 0 Å². The number of aromatic nitrogens is 1. The van der Waals surface area contributed by atoms with Crippen LogP contribution in [-0.2, 0) is 11.0 Å². The molecule has 1 heterocycles. The second-order valence-electron chi connectivity index (χ2n) is 9.55. The topological polar surface area (TPSA) is 74.4 Å². The van der Waals surface area contributed by atoms with Crippen LogP contribution in [0, 0.1) is 10.1 Å². The SMILES string of the molecule is CC(C)(C)[Si](OCc1cccn(-c2ccc([N+](=O)[O-])cc2Cl)c1=O)(c1ccccc1)c1ccccc1.